The lowest BCUT2D eigenvalue weighted by atomic mass is 10.1. The van der Waals surface area contributed by atoms with Crippen molar-refractivity contribution in [2.24, 2.45) is 0 Å². The Labute approximate surface area is 192 Å². The van der Waals surface area contributed by atoms with Crippen LogP contribution in [0.25, 0.3) is 0 Å². The van der Waals surface area contributed by atoms with E-state index in [4.69, 9.17) is 30.5 Å². The molecule has 1 N–H and O–H groups in total. The number of nitrogens with one attached hydrogen (secondary N) is 1. The van der Waals surface area contributed by atoms with E-state index in [9.17, 15) is 4.79 Å². The van der Waals surface area contributed by atoms with E-state index < -0.39 is 0 Å². The minimum Gasteiger partial charge on any atom is -0.493 e. The van der Waals surface area contributed by atoms with Gasteiger partial charge in [0.15, 0.2) is 23.0 Å². The Hall–Kier alpha value is -3.45. The molecule has 0 radical (unpaired) electrons. The average molecular weight is 457 g/mol. The van der Waals surface area contributed by atoms with Crippen molar-refractivity contribution in [1.82, 2.24) is 4.98 Å². The lowest BCUT2D eigenvalue weighted by Gasteiger charge is -2.15. The zero-order valence-electron chi connectivity index (χ0n) is 18.2. The molecule has 8 heteroatoms. The van der Waals surface area contributed by atoms with Crippen LogP contribution in [0.2, 0.25) is 5.02 Å². The monoisotopic (exact) mass is 456 g/mol. The molecule has 0 aliphatic carbocycles. The molecule has 7 nitrogen and oxygen atoms in total. The topological polar surface area (TPSA) is 78.9 Å². The van der Waals surface area contributed by atoms with Crippen LogP contribution >= 0.6 is 11.6 Å². The molecule has 1 heterocycles. The highest BCUT2D eigenvalue weighted by Crippen LogP contribution is 2.37. The Morgan fingerprint density at radius 1 is 0.969 bits per heavy atom. The number of carbonyl (C=O) groups is 1. The van der Waals surface area contributed by atoms with Crippen molar-refractivity contribution in [3.8, 4) is 23.0 Å². The van der Waals surface area contributed by atoms with Gasteiger partial charge in [-0.25, -0.2) is 0 Å². The van der Waals surface area contributed by atoms with Gasteiger partial charge in [-0.05, 0) is 48.4 Å². The van der Waals surface area contributed by atoms with Crippen LogP contribution < -0.4 is 24.3 Å². The molecule has 0 unspecified atom stereocenters. The fourth-order valence-corrected chi connectivity index (χ4v) is 3.17. The number of ether oxygens (including phenoxy) is 4. The van der Waals surface area contributed by atoms with E-state index >= 15 is 0 Å². The predicted molar refractivity (Wildman–Crippen MR) is 123 cm³/mol. The maximum absolute atomic E-state index is 12.9. The average Bonchev–Trinajstić information content (AvgIpc) is 2.82. The molecule has 168 valence electrons. The number of amides is 1. The summed E-state index contributed by atoms with van der Waals surface area (Å²) in [5.41, 5.74) is 1.84. The third-order valence-electron chi connectivity index (χ3n) is 4.51. The third kappa shape index (κ3) is 5.82. The summed E-state index contributed by atoms with van der Waals surface area (Å²) in [6.07, 6.45) is 4.22. The first-order chi connectivity index (χ1) is 15.5. The van der Waals surface area contributed by atoms with E-state index in [2.05, 4.69) is 10.3 Å². The van der Waals surface area contributed by atoms with Gasteiger partial charge >= 0.3 is 0 Å². The standard InChI is InChI=1S/C24H25ClN2O5/c1-4-11-31-23-19(25)12-17(13-22(23)30-3)24(28)27-18-5-6-20(29-2)21(14-18)32-15-16-7-9-26-10-8-16/h5-10,12-14H,4,11,15H2,1-3H3,(H,27,28). The van der Waals surface area contributed by atoms with Gasteiger partial charge in [0.1, 0.15) is 6.61 Å². The number of anilines is 1. The zero-order chi connectivity index (χ0) is 22.9. The summed E-state index contributed by atoms with van der Waals surface area (Å²) in [6, 6.07) is 12.0. The molecule has 1 amide bonds. The van der Waals surface area contributed by atoms with Crippen molar-refractivity contribution in [2.75, 3.05) is 26.1 Å². The Morgan fingerprint density at radius 2 is 1.72 bits per heavy atom. The van der Waals surface area contributed by atoms with Crippen LogP contribution in [0.3, 0.4) is 0 Å². The smallest absolute Gasteiger partial charge is 0.255 e. The molecule has 0 aliphatic rings. The first-order valence-corrected chi connectivity index (χ1v) is 10.4. The number of rotatable bonds is 10. The van der Waals surface area contributed by atoms with E-state index in [1.807, 2.05) is 19.1 Å². The Kier molecular flexibility index (Phi) is 8.16. The number of aromatic nitrogens is 1. The Balaban J connectivity index is 1.77. The Bertz CT molecular complexity index is 1060. The van der Waals surface area contributed by atoms with E-state index in [0.29, 0.717) is 52.5 Å². The number of hydrogen-bond donors (Lipinski definition) is 1. The van der Waals surface area contributed by atoms with Gasteiger partial charge in [-0.3, -0.25) is 9.78 Å². The second-order valence-corrected chi connectivity index (χ2v) is 7.21. The summed E-state index contributed by atoms with van der Waals surface area (Å²) in [5, 5.41) is 3.15. The Morgan fingerprint density at radius 3 is 2.41 bits per heavy atom. The highest BCUT2D eigenvalue weighted by molar-refractivity contribution is 6.32. The highest BCUT2D eigenvalue weighted by atomic mass is 35.5. The minimum absolute atomic E-state index is 0.305. The summed E-state index contributed by atoms with van der Waals surface area (Å²) < 4.78 is 22.3. The summed E-state index contributed by atoms with van der Waals surface area (Å²) >= 11 is 6.33. The van der Waals surface area contributed by atoms with Gasteiger partial charge in [-0.2, -0.15) is 0 Å². The molecule has 3 rings (SSSR count). The fraction of sp³-hybridized carbons (Fsp3) is 0.250. The summed E-state index contributed by atoms with van der Waals surface area (Å²) in [5.74, 6) is 1.52. The van der Waals surface area contributed by atoms with Crippen molar-refractivity contribution in [3.63, 3.8) is 0 Å². The van der Waals surface area contributed by atoms with Crippen molar-refractivity contribution in [2.45, 2.75) is 20.0 Å². The van der Waals surface area contributed by atoms with Crippen LogP contribution in [0.5, 0.6) is 23.0 Å². The van der Waals surface area contributed by atoms with E-state index in [1.165, 1.54) is 7.11 Å². The molecule has 32 heavy (non-hydrogen) atoms. The van der Waals surface area contributed by atoms with Gasteiger partial charge in [-0.15, -0.1) is 0 Å². The molecule has 0 spiro atoms. The number of pyridine rings is 1. The van der Waals surface area contributed by atoms with Crippen LogP contribution in [0.15, 0.2) is 54.9 Å². The van der Waals surface area contributed by atoms with E-state index in [1.54, 1.807) is 49.8 Å². The van der Waals surface area contributed by atoms with Crippen LogP contribution in [-0.2, 0) is 6.61 Å². The van der Waals surface area contributed by atoms with E-state index in [0.717, 1.165) is 12.0 Å². The first kappa shape index (κ1) is 23.2. The molecule has 0 saturated heterocycles. The second-order valence-electron chi connectivity index (χ2n) is 6.80. The number of benzene rings is 2. The molecular weight excluding hydrogens is 432 g/mol. The van der Waals surface area contributed by atoms with Gasteiger partial charge in [-0.1, -0.05) is 18.5 Å². The second kappa shape index (κ2) is 11.2. The van der Waals surface area contributed by atoms with Crippen molar-refractivity contribution < 1.29 is 23.7 Å². The quantitative estimate of drug-likeness (QED) is 0.441. The van der Waals surface area contributed by atoms with Gasteiger partial charge < -0.3 is 24.3 Å². The highest BCUT2D eigenvalue weighted by Gasteiger charge is 2.17. The number of methoxy groups -OCH3 is 2. The lowest BCUT2D eigenvalue weighted by Crippen LogP contribution is -2.13. The molecular formula is C24H25ClN2O5. The molecule has 2 aromatic carbocycles. The number of halogens is 1. The SMILES string of the molecule is CCCOc1c(Cl)cc(C(=O)Nc2ccc(OC)c(OCc3ccncc3)c2)cc1OC. The zero-order valence-corrected chi connectivity index (χ0v) is 18.9. The summed E-state index contributed by atoms with van der Waals surface area (Å²) in [7, 11) is 3.06. The largest absolute Gasteiger partial charge is 0.493 e. The van der Waals surface area contributed by atoms with Crippen molar-refractivity contribution in [3.05, 3.63) is 71.0 Å². The normalized spacial score (nSPS) is 10.4. The lowest BCUT2D eigenvalue weighted by molar-refractivity contribution is 0.102. The van der Waals surface area contributed by atoms with E-state index in [-0.39, 0.29) is 5.91 Å². The third-order valence-corrected chi connectivity index (χ3v) is 4.79. The maximum atomic E-state index is 12.9. The maximum Gasteiger partial charge on any atom is 0.255 e. The van der Waals surface area contributed by atoms with Crippen LogP contribution in [0, 0.1) is 0 Å². The first-order valence-electron chi connectivity index (χ1n) is 10.1. The minimum atomic E-state index is -0.350. The number of hydrogen-bond acceptors (Lipinski definition) is 6. The predicted octanol–water partition coefficient (Wildman–Crippen LogP) is 5.37. The summed E-state index contributed by atoms with van der Waals surface area (Å²) in [6.45, 7) is 2.82. The number of carbonyl (C=O) groups excluding carboxylic acids is 1. The fourth-order valence-electron chi connectivity index (χ4n) is 2.91. The van der Waals surface area contributed by atoms with Gasteiger partial charge in [0, 0.05) is 29.7 Å². The van der Waals surface area contributed by atoms with Crippen LogP contribution in [0.1, 0.15) is 29.3 Å². The molecule has 0 aliphatic heterocycles. The number of nitrogens with zero attached hydrogens (tertiary/aromatic N) is 1. The van der Waals surface area contributed by atoms with Gasteiger partial charge in [0.05, 0.1) is 25.8 Å². The molecule has 1 aromatic heterocycles. The summed E-state index contributed by atoms with van der Waals surface area (Å²) in [4.78, 5) is 16.9. The molecule has 0 atom stereocenters. The molecule has 3 aromatic rings. The van der Waals surface area contributed by atoms with Gasteiger partial charge in [0.25, 0.3) is 5.91 Å². The van der Waals surface area contributed by atoms with Crippen molar-refractivity contribution >= 4 is 23.2 Å². The van der Waals surface area contributed by atoms with Gasteiger partial charge in [0.2, 0.25) is 0 Å². The molecule has 0 fully saturated rings. The molecule has 0 bridgehead atoms. The molecule has 0 saturated carbocycles. The van der Waals surface area contributed by atoms with Crippen LogP contribution in [0.4, 0.5) is 5.69 Å². The van der Waals surface area contributed by atoms with Crippen molar-refractivity contribution in [1.29, 1.82) is 0 Å². The van der Waals surface area contributed by atoms with Crippen LogP contribution in [-0.4, -0.2) is 31.7 Å².